The first-order valence-electron chi connectivity index (χ1n) is 14.0. The minimum Gasteiger partial charge on any atom is -0.480 e. The fraction of sp³-hybridized carbons (Fsp3) is 0.862. The van der Waals surface area contributed by atoms with Gasteiger partial charge in [0.15, 0.2) is 0 Å². The van der Waals surface area contributed by atoms with Crippen LogP contribution >= 0.6 is 11.8 Å². The van der Waals surface area contributed by atoms with Crippen molar-refractivity contribution < 1.29 is 19.8 Å². The second kappa shape index (κ2) is 10.8. The Morgan fingerprint density at radius 2 is 1.91 bits per heavy atom. The molecule has 198 valence electrons. The summed E-state index contributed by atoms with van der Waals surface area (Å²) in [6, 6.07) is -0.777. The Balaban J connectivity index is 1.37. The SMILES string of the molecule is CSCC[C@H](NC(=O)CC[C@@H](C)[C@H]1CC[C@H]2[C@@H]3CC=C4C[C@@H](O)CC[C@]4(C)[C@H]3CC[C@]12C)C(=O)O. The lowest BCUT2D eigenvalue weighted by molar-refractivity contribution is -0.141. The molecule has 4 rings (SSSR count). The number of hydrogen-bond acceptors (Lipinski definition) is 4. The first-order chi connectivity index (χ1) is 16.6. The maximum absolute atomic E-state index is 12.6. The first-order valence-corrected chi connectivity index (χ1v) is 15.4. The molecule has 0 saturated heterocycles. The number of fused-ring (bicyclic) bond motifs is 5. The van der Waals surface area contributed by atoms with Crippen LogP contribution in [-0.4, -0.2) is 46.2 Å². The minimum absolute atomic E-state index is 0.119. The van der Waals surface area contributed by atoms with Gasteiger partial charge in [-0.05, 0) is 117 Å². The molecule has 3 saturated carbocycles. The van der Waals surface area contributed by atoms with Crippen LogP contribution in [0.3, 0.4) is 0 Å². The molecule has 4 aliphatic rings. The Bertz CT molecular complexity index is 829. The number of carbonyl (C=O) groups excluding carboxylic acids is 1. The van der Waals surface area contributed by atoms with E-state index in [2.05, 4.69) is 32.2 Å². The molecular weight excluding hydrogens is 458 g/mol. The molecule has 0 heterocycles. The average Bonchev–Trinajstić information content (AvgIpc) is 3.17. The zero-order valence-corrected chi connectivity index (χ0v) is 23.0. The molecule has 0 bridgehead atoms. The maximum Gasteiger partial charge on any atom is 0.326 e. The van der Waals surface area contributed by atoms with Crippen LogP contribution < -0.4 is 5.32 Å². The van der Waals surface area contributed by atoms with E-state index in [0.717, 1.165) is 49.2 Å². The molecule has 6 heteroatoms. The van der Waals surface area contributed by atoms with Gasteiger partial charge in [0.1, 0.15) is 6.04 Å². The maximum atomic E-state index is 12.6. The van der Waals surface area contributed by atoms with E-state index in [1.54, 1.807) is 11.8 Å². The predicted molar refractivity (Wildman–Crippen MR) is 142 cm³/mol. The number of carboxylic acid groups (broad SMARTS) is 1. The van der Waals surface area contributed by atoms with Crippen molar-refractivity contribution in [3.8, 4) is 0 Å². The zero-order chi connectivity index (χ0) is 25.4. The molecule has 3 fully saturated rings. The van der Waals surface area contributed by atoms with Crippen LogP contribution in [0, 0.1) is 40.4 Å². The van der Waals surface area contributed by atoms with E-state index in [1.807, 2.05) is 6.26 Å². The summed E-state index contributed by atoms with van der Waals surface area (Å²) in [7, 11) is 0. The van der Waals surface area contributed by atoms with Crippen LogP contribution in [0.25, 0.3) is 0 Å². The average molecular weight is 506 g/mol. The summed E-state index contributed by atoms with van der Waals surface area (Å²) in [6.07, 6.45) is 15.3. The lowest BCUT2D eigenvalue weighted by Crippen LogP contribution is -2.50. The van der Waals surface area contributed by atoms with Crippen molar-refractivity contribution in [2.24, 2.45) is 40.4 Å². The lowest BCUT2D eigenvalue weighted by atomic mass is 9.47. The van der Waals surface area contributed by atoms with Crippen molar-refractivity contribution in [3.05, 3.63) is 11.6 Å². The van der Waals surface area contributed by atoms with Crippen LogP contribution in [0.1, 0.15) is 91.4 Å². The van der Waals surface area contributed by atoms with Gasteiger partial charge in [-0.25, -0.2) is 4.79 Å². The highest BCUT2D eigenvalue weighted by Gasteiger charge is 2.59. The van der Waals surface area contributed by atoms with Gasteiger partial charge in [0.05, 0.1) is 6.10 Å². The largest absolute Gasteiger partial charge is 0.480 e. The van der Waals surface area contributed by atoms with Crippen LogP contribution in [0.2, 0.25) is 0 Å². The molecule has 4 aliphatic carbocycles. The van der Waals surface area contributed by atoms with Crippen molar-refractivity contribution in [2.45, 2.75) is 104 Å². The second-order valence-electron chi connectivity index (χ2n) is 12.6. The summed E-state index contributed by atoms with van der Waals surface area (Å²) in [5, 5.41) is 22.4. The summed E-state index contributed by atoms with van der Waals surface area (Å²) >= 11 is 1.60. The molecule has 5 nitrogen and oxygen atoms in total. The highest BCUT2D eigenvalue weighted by molar-refractivity contribution is 7.98. The number of hydrogen-bond donors (Lipinski definition) is 3. The van der Waals surface area contributed by atoms with Crippen molar-refractivity contribution in [1.29, 1.82) is 0 Å². The minimum atomic E-state index is -0.936. The van der Waals surface area contributed by atoms with E-state index < -0.39 is 12.0 Å². The second-order valence-corrected chi connectivity index (χ2v) is 13.6. The molecule has 3 N–H and O–H groups in total. The number of rotatable bonds is 9. The standard InChI is InChI=1S/C29H47NO4S/c1-18(5-10-26(32)30-25(27(33)34)13-16-35-4)22-8-9-23-21-7-6-19-17-20(31)11-14-28(19,2)24(21)12-15-29(22,23)3/h6,18,20-25,31H,5,7-17H2,1-4H3,(H,30,32)(H,33,34)/t18-,20+,21+,22-,23+,24+,25+,28+,29-/m1/s1. The number of carboxylic acids is 1. The molecule has 1 amide bonds. The molecule has 0 aromatic carbocycles. The van der Waals surface area contributed by atoms with Gasteiger partial charge in [0.2, 0.25) is 5.91 Å². The number of aliphatic carboxylic acids is 1. The van der Waals surface area contributed by atoms with Crippen molar-refractivity contribution >= 4 is 23.6 Å². The number of thioether (sulfide) groups is 1. The number of amides is 1. The fourth-order valence-electron chi connectivity index (χ4n) is 8.94. The van der Waals surface area contributed by atoms with Gasteiger partial charge >= 0.3 is 5.97 Å². The molecule has 0 aromatic heterocycles. The van der Waals surface area contributed by atoms with E-state index in [1.165, 1.54) is 37.7 Å². The quantitative estimate of drug-likeness (QED) is 0.352. The van der Waals surface area contributed by atoms with E-state index in [0.29, 0.717) is 30.1 Å². The highest BCUT2D eigenvalue weighted by Crippen LogP contribution is 2.67. The molecule has 9 atom stereocenters. The lowest BCUT2D eigenvalue weighted by Gasteiger charge is -2.58. The van der Waals surface area contributed by atoms with Crippen LogP contribution in [0.5, 0.6) is 0 Å². The van der Waals surface area contributed by atoms with Crippen molar-refractivity contribution in [3.63, 3.8) is 0 Å². The third-order valence-electron chi connectivity index (χ3n) is 10.9. The van der Waals surface area contributed by atoms with Gasteiger partial charge in [0.25, 0.3) is 0 Å². The van der Waals surface area contributed by atoms with Crippen LogP contribution in [-0.2, 0) is 9.59 Å². The normalized spacial score (nSPS) is 40.0. The summed E-state index contributed by atoms with van der Waals surface area (Å²) in [6.45, 7) is 7.35. The molecule has 0 unspecified atom stereocenters. The number of aliphatic hydroxyl groups excluding tert-OH is 1. The van der Waals surface area contributed by atoms with Crippen molar-refractivity contribution in [1.82, 2.24) is 5.32 Å². The van der Waals surface area contributed by atoms with Gasteiger partial charge in [-0.1, -0.05) is 32.4 Å². The topological polar surface area (TPSA) is 86.6 Å². The van der Waals surface area contributed by atoms with Gasteiger partial charge in [0, 0.05) is 6.42 Å². The summed E-state index contributed by atoms with van der Waals surface area (Å²) < 4.78 is 0. The summed E-state index contributed by atoms with van der Waals surface area (Å²) in [4.78, 5) is 24.1. The van der Waals surface area contributed by atoms with E-state index in [-0.39, 0.29) is 17.4 Å². The molecule has 35 heavy (non-hydrogen) atoms. The highest BCUT2D eigenvalue weighted by atomic mass is 32.2. The van der Waals surface area contributed by atoms with Gasteiger partial charge < -0.3 is 15.5 Å². The van der Waals surface area contributed by atoms with Gasteiger partial charge in [-0.3, -0.25) is 4.79 Å². The molecule has 0 aromatic rings. The van der Waals surface area contributed by atoms with E-state index >= 15 is 0 Å². The monoisotopic (exact) mass is 505 g/mol. The smallest absolute Gasteiger partial charge is 0.326 e. The van der Waals surface area contributed by atoms with Gasteiger partial charge in [-0.15, -0.1) is 0 Å². The predicted octanol–water partition coefficient (Wildman–Crippen LogP) is 5.67. The molecule has 0 spiro atoms. The van der Waals surface area contributed by atoms with E-state index in [9.17, 15) is 19.8 Å². The number of aliphatic hydroxyl groups is 1. The summed E-state index contributed by atoms with van der Waals surface area (Å²) in [5.41, 5.74) is 2.16. The number of nitrogens with one attached hydrogen (secondary N) is 1. The summed E-state index contributed by atoms with van der Waals surface area (Å²) in [5.74, 6) is 3.05. The third kappa shape index (κ3) is 5.21. The van der Waals surface area contributed by atoms with Crippen LogP contribution in [0.4, 0.5) is 0 Å². The Labute approximate surface area is 216 Å². The first kappa shape index (κ1) is 27.0. The fourth-order valence-corrected chi connectivity index (χ4v) is 9.41. The Hall–Kier alpha value is -1.01. The van der Waals surface area contributed by atoms with Crippen LogP contribution in [0.15, 0.2) is 11.6 Å². The molecular formula is C29H47NO4S. The van der Waals surface area contributed by atoms with Crippen molar-refractivity contribution in [2.75, 3.05) is 12.0 Å². The zero-order valence-electron chi connectivity index (χ0n) is 22.2. The Kier molecular flexibility index (Phi) is 8.32. The van der Waals surface area contributed by atoms with Gasteiger partial charge in [-0.2, -0.15) is 11.8 Å². The Morgan fingerprint density at radius 1 is 1.14 bits per heavy atom. The molecule has 0 radical (unpaired) electrons. The van der Waals surface area contributed by atoms with E-state index in [4.69, 9.17) is 0 Å². The molecule has 0 aliphatic heterocycles. The Morgan fingerprint density at radius 3 is 2.63 bits per heavy atom. The third-order valence-corrected chi connectivity index (χ3v) is 11.6. The number of allylic oxidation sites excluding steroid dienone is 1. The number of carbonyl (C=O) groups is 2.